The zero-order chi connectivity index (χ0) is 99.0. The first-order chi connectivity index (χ1) is 59.2. The molecule has 0 amide bonds. The summed E-state index contributed by atoms with van der Waals surface area (Å²) in [7, 11) is -17.4. The Morgan fingerprint density at radius 1 is 0.357 bits per heavy atom. The van der Waals surface area contributed by atoms with E-state index in [9.17, 15) is 106 Å². The zero-order valence-electron chi connectivity index (χ0n) is 66.8. The number of hydrogen-bond donors (Lipinski definition) is 0. The van der Waals surface area contributed by atoms with Gasteiger partial charge in [-0.15, -0.1) is 83.5 Å². The van der Waals surface area contributed by atoms with Crippen molar-refractivity contribution in [3.63, 3.8) is 0 Å². The third-order valence-corrected chi connectivity index (χ3v) is 12.2. The third kappa shape index (κ3) is 119. The zero-order valence-corrected chi connectivity index (χ0v) is 70.9. The van der Waals surface area contributed by atoms with Crippen LogP contribution in [0, 0.1) is 167 Å². The molecule has 41 nitrogen and oxygen atoms in total. The van der Waals surface area contributed by atoms with Crippen molar-refractivity contribution >= 4 is 95.1 Å². The van der Waals surface area contributed by atoms with Crippen molar-refractivity contribution in [1.29, 1.82) is 0 Å². The standard InChI is InChI=1S/C10H10O4S.C10H8O3.C7H6O3.C6H7FO3.2C6H8O3.C5H5F3O4S.C5H7FO4S.C5H5FO3.C5H6O3.C4H5FO4S.C4H6O4S/c1-3-8-13-15(11,12)14-10-6-4-9(2)5-7-10;1-2-8-12-10(11)13-9-6-4-3-5-7-9;1-3-5-9-7(8)10-6-4-2;1-2-4-9-6(8)10-5-3-7;1-4-5(2)9-6(7)8-3;1-3-5-9-6(7)8-4-2;1-2-3-11-13(9,10)12-4-5(6,7)8;1-2-4-9-11(7,8)10-5-3-6;1-2-3-8-5(7)9-4-6;1-3-4-8-5(6)7-2;1-2-3-8-10(6,7)9-4-5;1-3-4-8-9(5,6)7-2/h1,4-7H,8H2,2H3;1,3-7H,8H2;1-2H,5-6H2;1H,3-5H2;1,5H,2-3H3;1H,4-5H2,2H3;1H,3-4H2;1H,3-5H2;1H,3-4H2;1H,4H2,2H3;1H,3-4H2;1H,4H2,2H3. The molecule has 53 heteroatoms. The summed E-state index contributed by atoms with van der Waals surface area (Å²) in [6, 6.07) is 15.2. The number of carbonyl (C=O) groups is 7. The number of alkyl halides is 7. The van der Waals surface area contributed by atoms with E-state index >= 15 is 0 Å². The van der Waals surface area contributed by atoms with Gasteiger partial charge in [0.05, 0.1) is 34.5 Å². The first kappa shape index (κ1) is 133. The van der Waals surface area contributed by atoms with Gasteiger partial charge >= 0.3 is 101 Å². The van der Waals surface area contributed by atoms with E-state index in [4.69, 9.17) is 75.4 Å². The average Bonchev–Trinajstić information content (AvgIpc) is 0.877. The van der Waals surface area contributed by atoms with Gasteiger partial charge in [-0.25, -0.2) is 84.6 Å². The molecule has 0 radical (unpaired) electrons. The molecule has 1 atom stereocenters. The second-order valence-corrected chi connectivity index (χ2v) is 23.7. The van der Waals surface area contributed by atoms with Crippen LogP contribution in [0.1, 0.15) is 19.4 Å². The molecule has 0 N–H and O–H groups in total. The molecular weight excluding hydrogens is 1830 g/mol. The average molecular weight is 1910 g/mol. The lowest BCUT2D eigenvalue weighted by atomic mass is 10.2. The van der Waals surface area contributed by atoms with Crippen LogP contribution in [0.25, 0.3) is 0 Å². The molecule has 1 unspecified atom stereocenters. The highest BCUT2D eigenvalue weighted by Gasteiger charge is 2.31. The fraction of sp³-hybridized carbons (Fsp3) is 0.384. The first-order valence-corrected chi connectivity index (χ1v) is 38.1. The van der Waals surface area contributed by atoms with Crippen molar-refractivity contribution < 1.29 is 215 Å². The molecule has 126 heavy (non-hydrogen) atoms. The Labute approximate surface area is 725 Å². The molecule has 2 aromatic carbocycles. The van der Waals surface area contributed by atoms with Crippen molar-refractivity contribution in [1.82, 2.24) is 0 Å². The fourth-order valence-corrected chi connectivity index (χ4v) is 6.21. The minimum Gasteiger partial charge on any atom is -0.438 e. The number of terminal acetylenes is 13. The van der Waals surface area contributed by atoms with E-state index in [1.54, 1.807) is 56.2 Å². The van der Waals surface area contributed by atoms with Gasteiger partial charge in [-0.05, 0) is 45.0 Å². The van der Waals surface area contributed by atoms with Gasteiger partial charge in [-0.1, -0.05) is 113 Å². The number of ether oxygens (including phenoxy) is 14. The highest BCUT2D eigenvalue weighted by Crippen LogP contribution is 2.17. The summed E-state index contributed by atoms with van der Waals surface area (Å²) in [4.78, 5) is 72.0. The van der Waals surface area contributed by atoms with E-state index in [1.807, 2.05) is 42.6 Å². The Morgan fingerprint density at radius 2 is 0.683 bits per heavy atom. The maximum absolute atomic E-state index is 11.4. The summed E-state index contributed by atoms with van der Waals surface area (Å²) >= 11 is 0. The smallest absolute Gasteiger partial charge is 0.438 e. The quantitative estimate of drug-likeness (QED) is 0.0238. The highest BCUT2D eigenvalue weighted by molar-refractivity contribution is 7.83. The number of carbonyl (C=O) groups excluding carboxylic acids is 7. The van der Waals surface area contributed by atoms with Crippen LogP contribution in [0.2, 0.25) is 0 Å². The first-order valence-electron chi connectivity index (χ1n) is 31.5. The molecule has 2 rings (SSSR count). The lowest BCUT2D eigenvalue weighted by molar-refractivity contribution is -0.154. The lowest BCUT2D eigenvalue weighted by Gasteiger charge is -2.06. The predicted molar refractivity (Wildman–Crippen MR) is 421 cm³/mol. The lowest BCUT2D eigenvalue weighted by Crippen LogP contribution is -2.21. The van der Waals surface area contributed by atoms with E-state index in [1.165, 1.54) is 26.4 Å². The number of rotatable bonds is 33. The van der Waals surface area contributed by atoms with Gasteiger partial charge in [0, 0.05) is 0 Å². The molecule has 0 aliphatic rings. The Balaban J connectivity index is -0.000000146. The van der Waals surface area contributed by atoms with Gasteiger partial charge in [0.25, 0.3) is 0 Å². The molecule has 0 aliphatic heterocycles. The molecule has 0 aliphatic carbocycles. The predicted octanol–water partition coefficient (Wildman–Crippen LogP) is 6.62. The molecule has 0 aromatic heterocycles. The molecular formula is C73H81F7O41S5. The van der Waals surface area contributed by atoms with E-state index in [-0.39, 0.29) is 71.8 Å². The van der Waals surface area contributed by atoms with Crippen LogP contribution < -0.4 is 8.92 Å². The maximum Gasteiger partial charge on any atom is 0.514 e. The largest absolute Gasteiger partial charge is 0.514 e. The summed E-state index contributed by atoms with van der Waals surface area (Å²) in [6.45, 7) is -4.39. The van der Waals surface area contributed by atoms with Crippen LogP contribution in [0.5, 0.6) is 11.5 Å². The molecule has 0 saturated heterocycles. The summed E-state index contributed by atoms with van der Waals surface area (Å²) in [5.41, 5.74) is 1.00. The summed E-state index contributed by atoms with van der Waals surface area (Å²) in [5.74, 6) is 27.1. The van der Waals surface area contributed by atoms with Crippen LogP contribution in [0.4, 0.5) is 64.3 Å². The normalized spacial score (nSPS) is 9.52. The number of aryl methyl sites for hydroxylation is 1. The van der Waals surface area contributed by atoms with Crippen LogP contribution in [0.3, 0.4) is 0 Å². The Morgan fingerprint density at radius 3 is 1.01 bits per heavy atom. The topological polar surface area (TPSA) is 512 Å². The number of para-hydroxylation sites is 1. The number of benzene rings is 2. The second-order valence-electron chi connectivity index (χ2n) is 17.2. The monoisotopic (exact) mass is 1910 g/mol. The minimum atomic E-state index is -4.73. The molecule has 0 heterocycles. The molecule has 698 valence electrons. The summed E-state index contributed by atoms with van der Waals surface area (Å²) < 4.78 is 283. The van der Waals surface area contributed by atoms with Crippen molar-refractivity contribution in [3.8, 4) is 172 Å². The van der Waals surface area contributed by atoms with E-state index < -0.39 is 167 Å². The summed E-state index contributed by atoms with van der Waals surface area (Å²) in [6.07, 6.45) is 50.7. The van der Waals surface area contributed by atoms with Gasteiger partial charge in [0.1, 0.15) is 64.5 Å². The van der Waals surface area contributed by atoms with Crippen molar-refractivity contribution in [3.05, 3.63) is 60.2 Å². The van der Waals surface area contributed by atoms with Gasteiger partial charge in [0.15, 0.2) is 59.0 Å². The van der Waals surface area contributed by atoms with E-state index in [0.29, 0.717) is 12.4 Å². The second kappa shape index (κ2) is 92.0. The third-order valence-electron chi connectivity index (χ3n) is 8.15. The van der Waals surface area contributed by atoms with Crippen LogP contribution in [-0.2, 0) is 151 Å². The Bertz CT molecular complexity index is 4480. The minimum absolute atomic E-state index is 0.0289. The highest BCUT2D eigenvalue weighted by atomic mass is 32.3. The number of halogens is 7. The van der Waals surface area contributed by atoms with Gasteiger partial charge < -0.3 is 70.5 Å². The van der Waals surface area contributed by atoms with Crippen LogP contribution in [0.15, 0.2) is 54.6 Å². The summed E-state index contributed by atoms with van der Waals surface area (Å²) in [5, 5.41) is 0. The Hall–Kier alpha value is -13.7. The maximum atomic E-state index is 11.4. The van der Waals surface area contributed by atoms with Crippen LogP contribution in [-0.4, -0.2) is 252 Å². The molecule has 0 spiro atoms. The molecule has 0 saturated carbocycles. The van der Waals surface area contributed by atoms with Crippen LogP contribution >= 0.6 is 0 Å². The molecule has 2 aromatic rings. The van der Waals surface area contributed by atoms with E-state index in [0.717, 1.165) is 12.7 Å². The molecule has 0 bridgehead atoms. The van der Waals surface area contributed by atoms with Crippen molar-refractivity contribution in [2.45, 2.75) is 33.1 Å². The van der Waals surface area contributed by atoms with E-state index in [2.05, 4.69) is 158 Å². The molecule has 0 fully saturated rings. The fourth-order valence-electron chi connectivity index (χ4n) is 3.80. The van der Waals surface area contributed by atoms with Gasteiger partial charge in [0.2, 0.25) is 13.7 Å². The van der Waals surface area contributed by atoms with Gasteiger partial charge in [-0.2, -0.15) is 55.3 Å². The Kier molecular flexibility index (Phi) is 97.1. The SMILES string of the molecule is C#CC(C)OC(=O)OC.C#CCOC(=O)OC.C#CCOC(=O)OCC.C#CCOC(=O)OCC#C.C#CCOC(=O)OCCF.C#CCOC(=O)OCF.C#CCOC(=O)Oc1ccccc1.C#CCOS(=O)(=O)OC.C#CCOS(=O)(=O)OCC(F)(F)F.C#CCOS(=O)(=O)OCCF.C#CCOS(=O)(=O)OCF.C#CCOS(=O)(=O)Oc1ccc(C)cc1. The number of methoxy groups -OCH3 is 2. The van der Waals surface area contributed by atoms with Gasteiger partial charge in [-0.3, -0.25) is 4.18 Å². The number of hydrogen-bond acceptors (Lipinski definition) is 41. The van der Waals surface area contributed by atoms with Crippen molar-refractivity contribution in [2.75, 3.05) is 154 Å². The van der Waals surface area contributed by atoms with Crippen molar-refractivity contribution in [2.24, 2.45) is 0 Å².